The van der Waals surface area contributed by atoms with Crippen molar-refractivity contribution >= 4 is 35.5 Å². The van der Waals surface area contributed by atoms with Crippen molar-refractivity contribution in [2.75, 3.05) is 11.9 Å². The molecule has 0 radical (unpaired) electrons. The second-order valence-corrected chi connectivity index (χ2v) is 5.54. The molecule has 26 heavy (non-hydrogen) atoms. The van der Waals surface area contributed by atoms with Crippen LogP contribution in [0.25, 0.3) is 0 Å². The number of aliphatic imine (C=N–C) groups is 1. The van der Waals surface area contributed by atoms with Gasteiger partial charge in [0.05, 0.1) is 17.9 Å². The van der Waals surface area contributed by atoms with Crippen LogP contribution in [0.1, 0.15) is 39.1 Å². The first-order valence-electron chi connectivity index (χ1n) is 7.91. The van der Waals surface area contributed by atoms with E-state index in [0.717, 1.165) is 0 Å². The number of esters is 1. The van der Waals surface area contributed by atoms with Gasteiger partial charge < -0.3 is 15.8 Å². The van der Waals surface area contributed by atoms with Crippen LogP contribution < -0.4 is 11.1 Å². The van der Waals surface area contributed by atoms with Crippen LogP contribution in [0.3, 0.4) is 0 Å². The van der Waals surface area contributed by atoms with Gasteiger partial charge in [-0.1, -0.05) is 6.07 Å². The van der Waals surface area contributed by atoms with E-state index < -0.39 is 17.8 Å². The molecule has 0 saturated heterocycles. The average molecular weight is 352 g/mol. The number of aromatic nitrogens is 1. The molecular formula is C18H16N4O4. The highest BCUT2D eigenvalue weighted by molar-refractivity contribution is 6.12. The molecular weight excluding hydrogens is 336 g/mol. The fraction of sp³-hybridized carbons (Fsp3) is 0.167. The predicted octanol–water partition coefficient (Wildman–Crippen LogP) is 1.80. The Morgan fingerprint density at radius 1 is 1.35 bits per heavy atom. The van der Waals surface area contributed by atoms with Gasteiger partial charge in [-0.25, -0.2) is 9.78 Å². The molecule has 8 heteroatoms. The lowest BCUT2D eigenvalue weighted by molar-refractivity contribution is -0.115. The van der Waals surface area contributed by atoms with Crippen LogP contribution in [-0.2, 0) is 9.53 Å². The van der Waals surface area contributed by atoms with Gasteiger partial charge in [0.2, 0.25) is 11.8 Å². The molecule has 0 bridgehead atoms. The van der Waals surface area contributed by atoms with Crippen molar-refractivity contribution in [3.8, 4) is 0 Å². The first kappa shape index (κ1) is 17.3. The Kier molecular flexibility index (Phi) is 4.74. The van der Waals surface area contributed by atoms with Crippen LogP contribution in [0.15, 0.2) is 41.5 Å². The number of hydrogen-bond donors (Lipinski definition) is 2. The Hall–Kier alpha value is -3.55. The largest absolute Gasteiger partial charge is 0.462 e. The molecule has 1 aliphatic heterocycles. The summed E-state index contributed by atoms with van der Waals surface area (Å²) in [5.41, 5.74) is 6.85. The Morgan fingerprint density at radius 2 is 2.15 bits per heavy atom. The molecule has 0 spiro atoms. The zero-order chi connectivity index (χ0) is 18.7. The first-order valence-corrected chi connectivity index (χ1v) is 7.91. The van der Waals surface area contributed by atoms with E-state index in [2.05, 4.69) is 15.3 Å². The second-order valence-electron chi connectivity index (χ2n) is 5.54. The number of nitrogens with one attached hydrogen (secondary N) is 1. The molecule has 3 N–H and O–H groups in total. The zero-order valence-corrected chi connectivity index (χ0v) is 13.9. The van der Waals surface area contributed by atoms with E-state index in [1.807, 2.05) is 0 Å². The zero-order valence-electron chi connectivity index (χ0n) is 13.9. The molecule has 132 valence electrons. The molecule has 3 rings (SSSR count). The highest BCUT2D eigenvalue weighted by Crippen LogP contribution is 2.31. The molecule has 0 saturated carbocycles. The standard InChI is InChI=1S/C18H16N4O4/c1-2-26-18(25)11-7-13-14(17(24)22-16(13)21-8-11)9-20-12-5-3-4-10(6-12)15(19)23/h3-9,14H,2H2,1H3,(H2,19,23)(H,21,22,24). The van der Waals surface area contributed by atoms with Crippen LogP contribution in [0.4, 0.5) is 11.5 Å². The van der Waals surface area contributed by atoms with Gasteiger partial charge in [0.15, 0.2) is 0 Å². The normalized spacial score (nSPS) is 15.6. The fourth-order valence-electron chi connectivity index (χ4n) is 2.53. The molecule has 8 nitrogen and oxygen atoms in total. The Labute approximate surface area is 149 Å². The number of hydrogen-bond acceptors (Lipinski definition) is 6. The molecule has 1 atom stereocenters. The van der Waals surface area contributed by atoms with Crippen molar-refractivity contribution < 1.29 is 19.1 Å². The number of carbonyl (C=O) groups is 3. The van der Waals surface area contributed by atoms with Gasteiger partial charge >= 0.3 is 5.97 Å². The Morgan fingerprint density at radius 3 is 2.88 bits per heavy atom. The smallest absolute Gasteiger partial charge is 0.339 e. The number of carbonyl (C=O) groups excluding carboxylic acids is 3. The lowest BCUT2D eigenvalue weighted by Crippen LogP contribution is -2.13. The number of benzene rings is 1. The number of primary amides is 1. The first-order chi connectivity index (χ1) is 12.5. The predicted molar refractivity (Wildman–Crippen MR) is 94.7 cm³/mol. The summed E-state index contributed by atoms with van der Waals surface area (Å²) in [7, 11) is 0. The molecule has 0 aliphatic carbocycles. The van der Waals surface area contributed by atoms with Gasteiger partial charge in [0.1, 0.15) is 11.7 Å². The summed E-state index contributed by atoms with van der Waals surface area (Å²) in [6.45, 7) is 1.95. The lowest BCUT2D eigenvalue weighted by atomic mass is 10.0. The molecule has 1 unspecified atom stereocenters. The number of amides is 2. The SMILES string of the molecule is CCOC(=O)c1cnc2c(c1)C(C=Nc1cccc(C(N)=O)c1)C(=O)N2. The van der Waals surface area contributed by atoms with E-state index in [4.69, 9.17) is 10.5 Å². The Balaban J connectivity index is 1.89. The summed E-state index contributed by atoms with van der Waals surface area (Å²) in [6, 6.07) is 8.00. The topological polar surface area (TPSA) is 124 Å². The van der Waals surface area contributed by atoms with Gasteiger partial charge in [-0.3, -0.25) is 14.6 Å². The summed E-state index contributed by atoms with van der Waals surface area (Å²) in [5.74, 6) is -1.70. The lowest BCUT2D eigenvalue weighted by Gasteiger charge is -2.05. The number of pyridine rings is 1. The molecule has 2 heterocycles. The molecule has 1 aliphatic rings. The summed E-state index contributed by atoms with van der Waals surface area (Å²) in [4.78, 5) is 43.7. The molecule has 2 amide bonds. The van der Waals surface area contributed by atoms with Crippen LogP contribution >= 0.6 is 0 Å². The second kappa shape index (κ2) is 7.14. The van der Waals surface area contributed by atoms with Crippen molar-refractivity contribution in [2.45, 2.75) is 12.8 Å². The minimum atomic E-state index is -0.705. The third-order valence-corrected chi connectivity index (χ3v) is 3.79. The maximum atomic E-state index is 12.2. The van der Waals surface area contributed by atoms with E-state index in [9.17, 15) is 14.4 Å². The van der Waals surface area contributed by atoms with E-state index in [-0.39, 0.29) is 18.1 Å². The van der Waals surface area contributed by atoms with Crippen LogP contribution in [0.5, 0.6) is 0 Å². The molecule has 0 fully saturated rings. The third kappa shape index (κ3) is 3.44. The quantitative estimate of drug-likeness (QED) is 0.627. The van der Waals surface area contributed by atoms with Crippen molar-refractivity contribution in [1.82, 2.24) is 4.98 Å². The van der Waals surface area contributed by atoms with Crippen LogP contribution in [-0.4, -0.2) is 35.6 Å². The fourth-order valence-corrected chi connectivity index (χ4v) is 2.53. The van der Waals surface area contributed by atoms with Crippen molar-refractivity contribution in [2.24, 2.45) is 10.7 Å². The number of rotatable bonds is 5. The molecule has 1 aromatic heterocycles. The van der Waals surface area contributed by atoms with Crippen LogP contribution in [0, 0.1) is 0 Å². The van der Waals surface area contributed by atoms with Gasteiger partial charge in [-0.05, 0) is 31.2 Å². The van der Waals surface area contributed by atoms with Gasteiger partial charge in [-0.2, -0.15) is 0 Å². The maximum Gasteiger partial charge on any atom is 0.339 e. The van der Waals surface area contributed by atoms with Crippen molar-refractivity contribution in [3.05, 3.63) is 53.2 Å². The van der Waals surface area contributed by atoms with E-state index in [1.54, 1.807) is 31.2 Å². The summed E-state index contributed by atoms with van der Waals surface area (Å²) in [5, 5.41) is 2.64. The van der Waals surface area contributed by atoms with Gasteiger partial charge in [0, 0.05) is 23.5 Å². The number of nitrogens with two attached hydrogens (primary N) is 1. The highest BCUT2D eigenvalue weighted by atomic mass is 16.5. The van der Waals surface area contributed by atoms with Crippen LogP contribution in [0.2, 0.25) is 0 Å². The number of ether oxygens (including phenoxy) is 1. The minimum absolute atomic E-state index is 0.244. The van der Waals surface area contributed by atoms with Crippen molar-refractivity contribution in [1.29, 1.82) is 0 Å². The minimum Gasteiger partial charge on any atom is -0.462 e. The van der Waals surface area contributed by atoms with Gasteiger partial charge in [-0.15, -0.1) is 0 Å². The highest BCUT2D eigenvalue weighted by Gasteiger charge is 2.31. The van der Waals surface area contributed by atoms with Gasteiger partial charge in [0.25, 0.3) is 0 Å². The van der Waals surface area contributed by atoms with E-state index >= 15 is 0 Å². The Bertz CT molecular complexity index is 923. The number of anilines is 1. The number of nitrogens with zero attached hydrogens (tertiary/aromatic N) is 2. The van der Waals surface area contributed by atoms with Crippen molar-refractivity contribution in [3.63, 3.8) is 0 Å². The molecule has 1 aromatic carbocycles. The maximum absolute atomic E-state index is 12.2. The van der Waals surface area contributed by atoms with E-state index in [1.165, 1.54) is 18.5 Å². The monoisotopic (exact) mass is 352 g/mol. The number of fused-ring (bicyclic) bond motifs is 1. The average Bonchev–Trinajstić information content (AvgIpc) is 2.94. The summed E-state index contributed by atoms with van der Waals surface area (Å²) >= 11 is 0. The third-order valence-electron chi connectivity index (χ3n) is 3.79. The summed E-state index contributed by atoms with van der Waals surface area (Å²) < 4.78 is 4.95. The summed E-state index contributed by atoms with van der Waals surface area (Å²) in [6.07, 6.45) is 2.80. The molecule has 2 aromatic rings. The van der Waals surface area contributed by atoms with E-state index in [0.29, 0.717) is 22.6 Å².